The normalized spacial score (nSPS) is 15.1. The number of hydrogen-bond acceptors (Lipinski definition) is 3. The fraction of sp³-hybridized carbons (Fsp3) is 0.364. The van der Waals surface area contributed by atoms with Crippen LogP contribution in [0.4, 0.5) is 5.69 Å². The zero-order valence-electron chi connectivity index (χ0n) is 8.17. The number of nitrogens with two attached hydrogens (primary N) is 1. The van der Waals surface area contributed by atoms with Crippen LogP contribution < -0.4 is 10.5 Å². The van der Waals surface area contributed by atoms with Gasteiger partial charge in [-0.3, -0.25) is 4.79 Å². The van der Waals surface area contributed by atoms with Gasteiger partial charge in [0, 0.05) is 17.5 Å². The Morgan fingerprint density at radius 3 is 2.86 bits per heavy atom. The van der Waals surface area contributed by atoms with E-state index in [9.17, 15) is 4.79 Å². The minimum atomic E-state index is 0.199. The number of nitrogen functional groups attached to an aromatic ring is 1. The number of ketones is 1. The van der Waals surface area contributed by atoms with E-state index in [1.807, 2.05) is 0 Å². The monoisotopic (exact) mass is 191 g/mol. The van der Waals surface area contributed by atoms with Crippen molar-refractivity contribution in [2.24, 2.45) is 0 Å². The van der Waals surface area contributed by atoms with Gasteiger partial charge in [-0.1, -0.05) is 0 Å². The standard InChI is InChI=1S/C11H13NO2/c1-14-11-8-3-2-4-10(13)7(8)5-6-9(11)12/h5-6H,2-4,12H2,1H3. The number of Topliss-reactive ketones (excluding diaryl/α,β-unsaturated/α-hetero) is 1. The van der Waals surface area contributed by atoms with Crippen molar-refractivity contribution >= 4 is 11.5 Å². The number of rotatable bonds is 1. The van der Waals surface area contributed by atoms with Gasteiger partial charge in [0.2, 0.25) is 0 Å². The van der Waals surface area contributed by atoms with Gasteiger partial charge in [0.05, 0.1) is 12.8 Å². The molecule has 0 spiro atoms. The highest BCUT2D eigenvalue weighted by Gasteiger charge is 2.21. The lowest BCUT2D eigenvalue weighted by molar-refractivity contribution is 0.0972. The van der Waals surface area contributed by atoms with Crippen LogP contribution >= 0.6 is 0 Å². The summed E-state index contributed by atoms with van der Waals surface area (Å²) < 4.78 is 5.21. The van der Waals surface area contributed by atoms with Crippen molar-refractivity contribution in [3.8, 4) is 5.75 Å². The van der Waals surface area contributed by atoms with Crippen molar-refractivity contribution in [1.82, 2.24) is 0 Å². The van der Waals surface area contributed by atoms with E-state index in [1.54, 1.807) is 19.2 Å². The maximum Gasteiger partial charge on any atom is 0.163 e. The molecule has 0 heterocycles. The molecule has 2 rings (SSSR count). The Morgan fingerprint density at radius 1 is 1.36 bits per heavy atom. The molecule has 0 aromatic heterocycles. The number of benzene rings is 1. The van der Waals surface area contributed by atoms with E-state index in [4.69, 9.17) is 10.5 Å². The molecule has 0 atom stereocenters. The highest BCUT2D eigenvalue weighted by atomic mass is 16.5. The molecule has 1 aliphatic carbocycles. The van der Waals surface area contributed by atoms with Crippen LogP contribution in [0.1, 0.15) is 28.8 Å². The quantitative estimate of drug-likeness (QED) is 0.688. The van der Waals surface area contributed by atoms with Crippen LogP contribution in [0.2, 0.25) is 0 Å². The van der Waals surface area contributed by atoms with E-state index in [-0.39, 0.29) is 5.78 Å². The number of hydrogen-bond donors (Lipinski definition) is 1. The van der Waals surface area contributed by atoms with Crippen LogP contribution in [0, 0.1) is 0 Å². The highest BCUT2D eigenvalue weighted by molar-refractivity contribution is 5.99. The van der Waals surface area contributed by atoms with Gasteiger partial charge in [0.15, 0.2) is 5.78 Å². The zero-order chi connectivity index (χ0) is 10.1. The second-order valence-corrected chi connectivity index (χ2v) is 3.49. The number of methoxy groups -OCH3 is 1. The molecule has 74 valence electrons. The Bertz CT molecular complexity index is 385. The molecule has 1 aromatic rings. The molecule has 0 aliphatic heterocycles. The van der Waals surface area contributed by atoms with Crippen molar-refractivity contribution in [3.05, 3.63) is 23.3 Å². The fourth-order valence-electron chi connectivity index (χ4n) is 1.96. The van der Waals surface area contributed by atoms with Crippen LogP contribution in [0.5, 0.6) is 5.75 Å². The Kier molecular flexibility index (Phi) is 2.15. The summed E-state index contributed by atoms with van der Waals surface area (Å²) in [5.41, 5.74) is 8.13. The minimum absolute atomic E-state index is 0.199. The van der Waals surface area contributed by atoms with Crippen molar-refractivity contribution < 1.29 is 9.53 Å². The van der Waals surface area contributed by atoms with Crippen LogP contribution in [0.15, 0.2) is 12.1 Å². The molecule has 0 saturated heterocycles. The molecule has 2 N–H and O–H groups in total. The van der Waals surface area contributed by atoms with Gasteiger partial charge >= 0.3 is 0 Å². The average Bonchev–Trinajstić information content (AvgIpc) is 2.18. The van der Waals surface area contributed by atoms with E-state index in [0.29, 0.717) is 17.9 Å². The van der Waals surface area contributed by atoms with Crippen molar-refractivity contribution in [2.45, 2.75) is 19.3 Å². The summed E-state index contributed by atoms with van der Waals surface area (Å²) >= 11 is 0. The van der Waals surface area contributed by atoms with E-state index in [1.165, 1.54) is 0 Å². The molecule has 0 saturated carbocycles. The van der Waals surface area contributed by atoms with Crippen molar-refractivity contribution in [3.63, 3.8) is 0 Å². The first-order valence-electron chi connectivity index (χ1n) is 4.72. The van der Waals surface area contributed by atoms with Gasteiger partial charge in [-0.05, 0) is 25.0 Å². The van der Waals surface area contributed by atoms with Gasteiger partial charge in [-0.25, -0.2) is 0 Å². The van der Waals surface area contributed by atoms with Crippen LogP contribution in [-0.4, -0.2) is 12.9 Å². The smallest absolute Gasteiger partial charge is 0.163 e. The van der Waals surface area contributed by atoms with E-state index >= 15 is 0 Å². The number of carbonyl (C=O) groups is 1. The first kappa shape index (κ1) is 9.06. The predicted octanol–water partition coefficient (Wildman–Crippen LogP) is 1.80. The maximum absolute atomic E-state index is 11.6. The molecule has 3 nitrogen and oxygen atoms in total. The maximum atomic E-state index is 11.6. The number of carbonyl (C=O) groups excluding carboxylic acids is 1. The fourth-order valence-corrected chi connectivity index (χ4v) is 1.96. The average molecular weight is 191 g/mol. The summed E-state index contributed by atoms with van der Waals surface area (Å²) in [6, 6.07) is 3.54. The van der Waals surface area contributed by atoms with Gasteiger partial charge < -0.3 is 10.5 Å². The summed E-state index contributed by atoms with van der Waals surface area (Å²) in [7, 11) is 1.59. The summed E-state index contributed by atoms with van der Waals surface area (Å²) in [6.45, 7) is 0. The molecule has 1 aliphatic rings. The Labute approximate surface area is 82.9 Å². The molecule has 0 bridgehead atoms. The van der Waals surface area contributed by atoms with E-state index in [0.717, 1.165) is 24.0 Å². The van der Waals surface area contributed by atoms with E-state index in [2.05, 4.69) is 0 Å². The molecule has 0 unspecified atom stereocenters. The Hall–Kier alpha value is -1.51. The third-order valence-corrected chi connectivity index (χ3v) is 2.63. The third-order valence-electron chi connectivity index (χ3n) is 2.63. The SMILES string of the molecule is COc1c(N)ccc2c1CCCC2=O. The lowest BCUT2D eigenvalue weighted by Crippen LogP contribution is -2.12. The first-order chi connectivity index (χ1) is 6.74. The second-order valence-electron chi connectivity index (χ2n) is 3.49. The summed E-state index contributed by atoms with van der Waals surface area (Å²) in [4.78, 5) is 11.6. The molecule has 1 aromatic carbocycles. The van der Waals surface area contributed by atoms with Gasteiger partial charge in [-0.15, -0.1) is 0 Å². The van der Waals surface area contributed by atoms with Crippen molar-refractivity contribution in [2.75, 3.05) is 12.8 Å². The molecule has 14 heavy (non-hydrogen) atoms. The van der Waals surface area contributed by atoms with Crippen molar-refractivity contribution in [1.29, 1.82) is 0 Å². The molecule has 3 heteroatoms. The number of fused-ring (bicyclic) bond motifs is 1. The predicted molar refractivity (Wildman–Crippen MR) is 54.7 cm³/mol. The lowest BCUT2D eigenvalue weighted by atomic mass is 9.89. The third kappa shape index (κ3) is 1.25. The molecular formula is C11H13NO2. The van der Waals surface area contributed by atoms with E-state index < -0.39 is 0 Å². The summed E-state index contributed by atoms with van der Waals surface area (Å²) in [5, 5.41) is 0. The van der Waals surface area contributed by atoms with Crippen LogP contribution in [0.3, 0.4) is 0 Å². The number of anilines is 1. The van der Waals surface area contributed by atoms with Crippen LogP contribution in [-0.2, 0) is 6.42 Å². The largest absolute Gasteiger partial charge is 0.494 e. The van der Waals surface area contributed by atoms with Gasteiger partial charge in [-0.2, -0.15) is 0 Å². The first-order valence-corrected chi connectivity index (χ1v) is 4.72. The number of ether oxygens (including phenoxy) is 1. The molecule has 0 fully saturated rings. The zero-order valence-corrected chi connectivity index (χ0v) is 8.17. The topological polar surface area (TPSA) is 52.3 Å². The molecular weight excluding hydrogens is 178 g/mol. The molecule has 0 amide bonds. The molecule has 0 radical (unpaired) electrons. The minimum Gasteiger partial charge on any atom is -0.494 e. The van der Waals surface area contributed by atoms with Crippen LogP contribution in [0.25, 0.3) is 0 Å². The highest BCUT2D eigenvalue weighted by Crippen LogP contribution is 2.33. The Balaban J connectivity index is 2.61. The Morgan fingerprint density at radius 2 is 2.14 bits per heavy atom. The van der Waals surface area contributed by atoms with Gasteiger partial charge in [0.1, 0.15) is 5.75 Å². The lowest BCUT2D eigenvalue weighted by Gasteiger charge is -2.18. The summed E-state index contributed by atoms with van der Waals surface area (Å²) in [6.07, 6.45) is 2.42. The van der Waals surface area contributed by atoms with Gasteiger partial charge in [0.25, 0.3) is 0 Å². The summed E-state index contributed by atoms with van der Waals surface area (Å²) in [5.74, 6) is 0.875. The second kappa shape index (κ2) is 3.33.